The largest absolute Gasteiger partial charge is 0.488 e. The molecule has 10 heteroatoms. The van der Waals surface area contributed by atoms with Crippen LogP contribution in [-0.4, -0.2) is 51.0 Å². The van der Waals surface area contributed by atoms with Gasteiger partial charge in [-0.2, -0.15) is 4.98 Å². The Balaban J connectivity index is 1.69. The number of fused-ring (bicyclic) bond motifs is 4. The van der Waals surface area contributed by atoms with Crippen LogP contribution in [0.15, 0.2) is 54.0 Å². The van der Waals surface area contributed by atoms with Gasteiger partial charge in [-0.3, -0.25) is 14.3 Å². The number of nitrogens with zero attached hydrogens (tertiary/aromatic N) is 5. The number of carbonyl (C=O) groups is 1. The average Bonchev–Trinajstić information content (AvgIpc) is 2.97. The molecule has 2 aliphatic rings. The minimum atomic E-state index is -0.623. The van der Waals surface area contributed by atoms with Crippen LogP contribution < -0.4 is 15.3 Å². The summed E-state index contributed by atoms with van der Waals surface area (Å²) in [5, 5.41) is 0.824. The van der Waals surface area contributed by atoms with Gasteiger partial charge >= 0.3 is 5.69 Å². The van der Waals surface area contributed by atoms with E-state index in [1.807, 2.05) is 38.7 Å². The molecule has 216 valence electrons. The smallest absolute Gasteiger partial charge is 0.354 e. The third-order valence-corrected chi connectivity index (χ3v) is 8.42. The second-order valence-corrected chi connectivity index (χ2v) is 11.5. The molecule has 2 aromatic carbocycles. The van der Waals surface area contributed by atoms with E-state index in [1.165, 1.54) is 10.6 Å². The van der Waals surface area contributed by atoms with Gasteiger partial charge < -0.3 is 14.5 Å². The fourth-order valence-corrected chi connectivity index (χ4v) is 6.37. The molecule has 0 unspecified atom stereocenters. The second-order valence-electron chi connectivity index (χ2n) is 11.1. The second kappa shape index (κ2) is 10.5. The summed E-state index contributed by atoms with van der Waals surface area (Å²) in [5.74, 6) is -0.159. The van der Waals surface area contributed by atoms with E-state index in [-0.39, 0.29) is 35.6 Å². The van der Waals surface area contributed by atoms with Gasteiger partial charge in [0.05, 0.1) is 22.5 Å². The van der Waals surface area contributed by atoms with Crippen molar-refractivity contribution < 1.29 is 13.9 Å². The maximum Gasteiger partial charge on any atom is 0.354 e. The lowest BCUT2D eigenvalue weighted by Crippen LogP contribution is -2.54. The average molecular weight is 588 g/mol. The van der Waals surface area contributed by atoms with E-state index in [9.17, 15) is 9.59 Å². The molecule has 0 aliphatic carbocycles. The molecule has 1 fully saturated rings. The predicted molar refractivity (Wildman–Crippen MR) is 162 cm³/mol. The molecule has 0 N–H and O–H groups in total. The highest BCUT2D eigenvalue weighted by atomic mass is 35.5. The molecule has 0 radical (unpaired) electrons. The van der Waals surface area contributed by atoms with Crippen molar-refractivity contribution in [2.45, 2.75) is 46.3 Å². The molecule has 1 amide bonds. The summed E-state index contributed by atoms with van der Waals surface area (Å²) in [6, 6.07) is 8.74. The van der Waals surface area contributed by atoms with E-state index in [2.05, 4.69) is 16.5 Å². The van der Waals surface area contributed by atoms with Crippen molar-refractivity contribution in [3.63, 3.8) is 0 Å². The number of amides is 1. The Morgan fingerprint density at radius 1 is 1.24 bits per heavy atom. The summed E-state index contributed by atoms with van der Waals surface area (Å²) in [7, 11) is 0. The SMILES string of the molecule is C=CC(=O)N1CCN(c2nc(=O)n(-c3c(C)ccnc3C(C)C)c3c(F)c4c(cc23)OCc2cccc(Cl)c2-4)[C@@H](C)C1. The van der Waals surface area contributed by atoms with Crippen molar-refractivity contribution in [1.82, 2.24) is 19.4 Å². The molecule has 8 nitrogen and oxygen atoms in total. The quantitative estimate of drug-likeness (QED) is 0.281. The van der Waals surface area contributed by atoms with Crippen molar-refractivity contribution in [3.05, 3.63) is 87.3 Å². The maximum atomic E-state index is 17.2. The highest BCUT2D eigenvalue weighted by molar-refractivity contribution is 6.33. The summed E-state index contributed by atoms with van der Waals surface area (Å²) in [5.41, 5.74) is 2.90. The number of anilines is 1. The Hall–Kier alpha value is -4.24. The fraction of sp³-hybridized carbons (Fsp3) is 0.312. The van der Waals surface area contributed by atoms with Crippen LogP contribution in [0.2, 0.25) is 5.02 Å². The summed E-state index contributed by atoms with van der Waals surface area (Å²) in [4.78, 5) is 39.2. The van der Waals surface area contributed by atoms with E-state index < -0.39 is 11.5 Å². The van der Waals surface area contributed by atoms with E-state index in [0.29, 0.717) is 58.6 Å². The molecule has 6 rings (SSSR count). The number of benzene rings is 2. The minimum Gasteiger partial charge on any atom is -0.488 e. The Labute approximate surface area is 248 Å². The van der Waals surface area contributed by atoms with Gasteiger partial charge in [-0.1, -0.05) is 44.2 Å². The molecule has 0 bridgehead atoms. The zero-order chi connectivity index (χ0) is 29.9. The molecule has 4 heterocycles. The van der Waals surface area contributed by atoms with E-state index >= 15 is 4.39 Å². The number of hydrogen-bond acceptors (Lipinski definition) is 6. The topological polar surface area (TPSA) is 80.6 Å². The molecule has 2 aliphatic heterocycles. The molecule has 2 aromatic heterocycles. The first-order valence-corrected chi connectivity index (χ1v) is 14.3. The summed E-state index contributed by atoms with van der Waals surface area (Å²) in [6.07, 6.45) is 2.98. The van der Waals surface area contributed by atoms with Gasteiger partial charge in [0.25, 0.3) is 0 Å². The lowest BCUT2D eigenvalue weighted by Gasteiger charge is -2.40. The number of aryl methyl sites for hydroxylation is 1. The monoisotopic (exact) mass is 587 g/mol. The molecule has 4 aromatic rings. The molecule has 0 spiro atoms. The molecule has 42 heavy (non-hydrogen) atoms. The zero-order valence-corrected chi connectivity index (χ0v) is 24.7. The minimum absolute atomic E-state index is 0.0452. The highest BCUT2D eigenvalue weighted by Gasteiger charge is 2.33. The van der Waals surface area contributed by atoms with Gasteiger partial charge in [0, 0.05) is 47.8 Å². The summed E-state index contributed by atoms with van der Waals surface area (Å²) in [6.45, 7) is 12.8. The lowest BCUT2D eigenvalue weighted by atomic mass is 9.94. The number of rotatable bonds is 4. The van der Waals surface area contributed by atoms with Crippen molar-refractivity contribution in [2.24, 2.45) is 0 Å². The number of carbonyl (C=O) groups excluding carboxylic acids is 1. The normalized spacial score (nSPS) is 16.3. The molecule has 0 saturated carbocycles. The van der Waals surface area contributed by atoms with Gasteiger partial charge in [-0.25, -0.2) is 9.18 Å². The van der Waals surface area contributed by atoms with Crippen LogP contribution in [0, 0.1) is 12.7 Å². The zero-order valence-electron chi connectivity index (χ0n) is 23.9. The molecule has 1 saturated heterocycles. The van der Waals surface area contributed by atoms with E-state index in [4.69, 9.17) is 16.3 Å². The lowest BCUT2D eigenvalue weighted by molar-refractivity contribution is -0.126. The fourth-order valence-electron chi connectivity index (χ4n) is 6.09. The van der Waals surface area contributed by atoms with Gasteiger partial charge in [0.15, 0.2) is 5.82 Å². The van der Waals surface area contributed by atoms with Crippen LogP contribution in [0.25, 0.3) is 27.7 Å². The standard InChI is InChI=1S/C32H31ClFN5O3/c1-6-24(40)37-12-13-38(19(5)15-37)31-21-14-23-26(25-20(16-42-23)8-7-9-22(25)33)27(34)30(21)39(32(41)36-31)29-18(4)10-11-35-28(29)17(2)3/h6-11,14,17,19H,1,12-13,15-16H2,2-5H3/t19-/m0/s1. The Morgan fingerprint density at radius 3 is 2.74 bits per heavy atom. The van der Waals surface area contributed by atoms with Gasteiger partial charge in [-0.15, -0.1) is 0 Å². The Morgan fingerprint density at radius 2 is 2.02 bits per heavy atom. The number of halogens is 2. The molecule has 1 atom stereocenters. The maximum absolute atomic E-state index is 17.2. The van der Waals surface area contributed by atoms with Crippen molar-refractivity contribution in [3.8, 4) is 22.6 Å². The van der Waals surface area contributed by atoms with Crippen LogP contribution in [0.4, 0.5) is 10.2 Å². The summed E-state index contributed by atoms with van der Waals surface area (Å²) < 4.78 is 24.7. The van der Waals surface area contributed by atoms with Crippen molar-refractivity contribution >= 4 is 34.2 Å². The van der Waals surface area contributed by atoms with Crippen LogP contribution in [0.5, 0.6) is 5.75 Å². The van der Waals surface area contributed by atoms with Crippen molar-refractivity contribution in [2.75, 3.05) is 24.5 Å². The number of piperazine rings is 1. The molecular weight excluding hydrogens is 557 g/mol. The van der Waals surface area contributed by atoms with Crippen LogP contribution >= 0.6 is 11.6 Å². The third-order valence-electron chi connectivity index (χ3n) is 8.11. The van der Waals surface area contributed by atoms with Crippen LogP contribution in [0.3, 0.4) is 0 Å². The highest BCUT2D eigenvalue weighted by Crippen LogP contribution is 2.47. The van der Waals surface area contributed by atoms with Gasteiger partial charge in [0.2, 0.25) is 5.91 Å². The van der Waals surface area contributed by atoms with Gasteiger partial charge in [-0.05, 0) is 55.2 Å². The first-order valence-electron chi connectivity index (χ1n) is 14.0. The van der Waals surface area contributed by atoms with Crippen LogP contribution in [-0.2, 0) is 11.4 Å². The Bertz CT molecular complexity index is 1840. The number of ether oxygens (including phenoxy) is 1. The number of aromatic nitrogens is 3. The number of hydrogen-bond donors (Lipinski definition) is 0. The summed E-state index contributed by atoms with van der Waals surface area (Å²) >= 11 is 6.64. The third kappa shape index (κ3) is 4.34. The number of pyridine rings is 1. The van der Waals surface area contributed by atoms with E-state index in [0.717, 1.165) is 11.1 Å². The predicted octanol–water partition coefficient (Wildman–Crippen LogP) is 5.79. The first-order chi connectivity index (χ1) is 20.1. The Kier molecular flexibility index (Phi) is 7.01. The van der Waals surface area contributed by atoms with Crippen LogP contribution in [0.1, 0.15) is 43.5 Å². The first kappa shape index (κ1) is 27.9. The van der Waals surface area contributed by atoms with Gasteiger partial charge in [0.1, 0.15) is 18.2 Å². The van der Waals surface area contributed by atoms with Crippen molar-refractivity contribution in [1.29, 1.82) is 0 Å². The molecular formula is C32H31ClFN5O3. The van der Waals surface area contributed by atoms with E-state index in [1.54, 1.807) is 35.4 Å².